The van der Waals surface area contributed by atoms with Gasteiger partial charge in [0.15, 0.2) is 5.82 Å². The number of nitrogens with zero attached hydrogens (tertiary/aromatic N) is 2. The van der Waals surface area contributed by atoms with Crippen molar-refractivity contribution in [2.45, 2.75) is 58.9 Å². The van der Waals surface area contributed by atoms with Crippen LogP contribution in [0.1, 0.15) is 59.3 Å². The van der Waals surface area contributed by atoms with Crippen LogP contribution in [0.5, 0.6) is 0 Å². The maximum atomic E-state index is 13.2. The fourth-order valence-corrected chi connectivity index (χ4v) is 4.57. The molecule has 2 heterocycles. The second kappa shape index (κ2) is 9.93. The lowest BCUT2D eigenvalue weighted by molar-refractivity contribution is -0.137. The minimum Gasteiger partial charge on any atom is -0.481 e. The largest absolute Gasteiger partial charge is 0.481 e. The molecule has 0 spiro atoms. The zero-order valence-electron chi connectivity index (χ0n) is 21.2. The van der Waals surface area contributed by atoms with Crippen LogP contribution < -0.4 is 11.1 Å². The highest BCUT2D eigenvalue weighted by atomic mass is 16.4. The van der Waals surface area contributed by atoms with Gasteiger partial charge in [0.25, 0.3) is 5.91 Å². The monoisotopic (exact) mass is 484 g/mol. The van der Waals surface area contributed by atoms with E-state index in [1.54, 1.807) is 0 Å². The normalized spacial score (nSPS) is 11.7. The number of pyridine rings is 2. The van der Waals surface area contributed by atoms with Crippen molar-refractivity contribution in [3.05, 3.63) is 76.5 Å². The number of fused-ring (bicyclic) bond motifs is 3. The fraction of sp³-hybridized carbons (Fsp3) is 0.310. The molecular weight excluding hydrogens is 452 g/mol. The number of aryl methyl sites for hydroxylation is 3. The van der Waals surface area contributed by atoms with Crippen LogP contribution in [0.4, 0.5) is 5.82 Å². The first-order valence-electron chi connectivity index (χ1n) is 12.1. The number of aliphatic carboxylic acids is 1. The van der Waals surface area contributed by atoms with Gasteiger partial charge in [0, 0.05) is 34.5 Å². The van der Waals surface area contributed by atoms with Crippen molar-refractivity contribution in [1.82, 2.24) is 15.3 Å². The summed E-state index contributed by atoms with van der Waals surface area (Å²) in [7, 11) is 0. The smallest absolute Gasteiger partial charge is 0.303 e. The van der Waals surface area contributed by atoms with Crippen LogP contribution in [0.2, 0.25) is 0 Å². The molecule has 0 unspecified atom stereocenters. The highest BCUT2D eigenvalue weighted by Gasteiger charge is 2.24. The molecule has 7 heteroatoms. The molecular formula is C29H32N4O3. The van der Waals surface area contributed by atoms with Gasteiger partial charge in [-0.25, -0.2) is 4.98 Å². The Kier molecular flexibility index (Phi) is 6.93. The number of benzene rings is 2. The number of nitrogens with two attached hydrogens (primary N) is 1. The Hall–Kier alpha value is -4.00. The molecule has 0 saturated heterocycles. The van der Waals surface area contributed by atoms with Crippen LogP contribution in [0.15, 0.2) is 48.7 Å². The van der Waals surface area contributed by atoms with Gasteiger partial charge in [0.2, 0.25) is 0 Å². The van der Waals surface area contributed by atoms with Gasteiger partial charge in [-0.05, 0) is 87.4 Å². The predicted octanol–water partition coefficient (Wildman–Crippen LogP) is 5.14. The van der Waals surface area contributed by atoms with Crippen molar-refractivity contribution >= 4 is 39.5 Å². The minimum absolute atomic E-state index is 0.00277. The second-order valence-electron chi connectivity index (χ2n) is 10.1. The summed E-state index contributed by atoms with van der Waals surface area (Å²) in [6.07, 6.45) is 3.54. The SMILES string of the molecule is Cc1ccc2c(c1)nc(N)c1ncc(CCc3c(C)cccc3C(=O)NC(C)(C)CCC(=O)O)cc12. The summed E-state index contributed by atoms with van der Waals surface area (Å²) in [5.41, 5.74) is 11.9. The van der Waals surface area contributed by atoms with Gasteiger partial charge < -0.3 is 16.2 Å². The molecule has 186 valence electrons. The number of amides is 1. The topological polar surface area (TPSA) is 118 Å². The third-order valence-electron chi connectivity index (χ3n) is 6.61. The Labute approximate surface area is 210 Å². The quantitative estimate of drug-likeness (QED) is 0.298. The summed E-state index contributed by atoms with van der Waals surface area (Å²) in [4.78, 5) is 33.3. The van der Waals surface area contributed by atoms with Crippen molar-refractivity contribution in [1.29, 1.82) is 0 Å². The number of hydrogen-bond donors (Lipinski definition) is 3. The van der Waals surface area contributed by atoms with Gasteiger partial charge in [0.05, 0.1) is 5.52 Å². The van der Waals surface area contributed by atoms with Crippen molar-refractivity contribution < 1.29 is 14.7 Å². The Morgan fingerprint density at radius 2 is 1.83 bits per heavy atom. The van der Waals surface area contributed by atoms with E-state index in [0.717, 1.165) is 38.5 Å². The van der Waals surface area contributed by atoms with Crippen molar-refractivity contribution in [2.75, 3.05) is 5.73 Å². The van der Waals surface area contributed by atoms with Gasteiger partial charge in [0.1, 0.15) is 5.52 Å². The Morgan fingerprint density at radius 1 is 1.06 bits per heavy atom. The molecule has 0 fully saturated rings. The average Bonchev–Trinajstić information content (AvgIpc) is 2.81. The van der Waals surface area contributed by atoms with Gasteiger partial charge in [-0.15, -0.1) is 0 Å². The Bertz CT molecular complexity index is 1480. The first-order chi connectivity index (χ1) is 17.0. The molecule has 0 aliphatic carbocycles. The number of hydrogen-bond acceptors (Lipinski definition) is 5. The molecule has 4 aromatic rings. The van der Waals surface area contributed by atoms with Crippen LogP contribution in [-0.4, -0.2) is 32.5 Å². The lowest BCUT2D eigenvalue weighted by atomic mass is 9.93. The van der Waals surface area contributed by atoms with E-state index in [-0.39, 0.29) is 12.3 Å². The molecule has 0 atom stereocenters. The van der Waals surface area contributed by atoms with E-state index < -0.39 is 11.5 Å². The van der Waals surface area contributed by atoms with E-state index in [0.29, 0.717) is 36.2 Å². The van der Waals surface area contributed by atoms with Crippen LogP contribution in [-0.2, 0) is 17.6 Å². The minimum atomic E-state index is -0.877. The first kappa shape index (κ1) is 25.1. The number of carboxylic acid groups (broad SMARTS) is 1. The summed E-state index contributed by atoms with van der Waals surface area (Å²) < 4.78 is 0. The predicted molar refractivity (Wildman–Crippen MR) is 143 cm³/mol. The number of nitrogens with one attached hydrogen (secondary N) is 1. The zero-order chi connectivity index (χ0) is 26.0. The number of aromatic nitrogens is 2. The molecule has 4 N–H and O–H groups in total. The van der Waals surface area contributed by atoms with E-state index in [1.165, 1.54) is 0 Å². The molecule has 0 aliphatic heterocycles. The van der Waals surface area contributed by atoms with Crippen LogP contribution >= 0.6 is 0 Å². The fourth-order valence-electron chi connectivity index (χ4n) is 4.57. The summed E-state index contributed by atoms with van der Waals surface area (Å²) in [5.74, 6) is -0.656. The van der Waals surface area contributed by atoms with Crippen molar-refractivity contribution in [2.24, 2.45) is 0 Å². The van der Waals surface area contributed by atoms with Gasteiger partial charge in [-0.2, -0.15) is 0 Å². The Balaban J connectivity index is 1.60. The van der Waals surface area contributed by atoms with Crippen molar-refractivity contribution in [3.8, 4) is 0 Å². The molecule has 0 bridgehead atoms. The maximum absolute atomic E-state index is 13.2. The van der Waals surface area contributed by atoms with Gasteiger partial charge in [-0.3, -0.25) is 14.6 Å². The van der Waals surface area contributed by atoms with Crippen LogP contribution in [0.25, 0.3) is 21.8 Å². The molecule has 1 amide bonds. The lowest BCUT2D eigenvalue weighted by Gasteiger charge is -2.26. The van der Waals surface area contributed by atoms with E-state index in [1.807, 2.05) is 58.2 Å². The second-order valence-corrected chi connectivity index (χ2v) is 10.1. The van der Waals surface area contributed by atoms with E-state index >= 15 is 0 Å². The number of anilines is 1. The highest BCUT2D eigenvalue weighted by Crippen LogP contribution is 2.28. The maximum Gasteiger partial charge on any atom is 0.303 e. The van der Waals surface area contributed by atoms with E-state index in [9.17, 15) is 9.59 Å². The standard InChI is InChI=1S/C29H32N4O3/c1-17-8-10-21-23-15-19(16-31-26(23)27(30)32-24(21)14-17)9-11-20-18(2)6-5-7-22(20)28(36)33-29(3,4)13-12-25(34)35/h5-8,10,14-16H,9,11-13H2,1-4H3,(H2,30,32)(H,33,36)(H,34,35). The molecule has 4 rings (SSSR count). The third kappa shape index (κ3) is 5.46. The number of carbonyl (C=O) groups is 2. The molecule has 0 saturated carbocycles. The molecule has 2 aromatic heterocycles. The summed E-state index contributed by atoms with van der Waals surface area (Å²) >= 11 is 0. The van der Waals surface area contributed by atoms with Crippen LogP contribution in [0, 0.1) is 13.8 Å². The van der Waals surface area contributed by atoms with E-state index in [4.69, 9.17) is 10.8 Å². The molecule has 36 heavy (non-hydrogen) atoms. The number of rotatable bonds is 8. The first-order valence-corrected chi connectivity index (χ1v) is 12.1. The van der Waals surface area contributed by atoms with Gasteiger partial charge >= 0.3 is 5.97 Å². The van der Waals surface area contributed by atoms with Crippen molar-refractivity contribution in [3.63, 3.8) is 0 Å². The highest BCUT2D eigenvalue weighted by molar-refractivity contribution is 6.08. The molecule has 7 nitrogen and oxygen atoms in total. The van der Waals surface area contributed by atoms with Crippen LogP contribution in [0.3, 0.4) is 0 Å². The Morgan fingerprint density at radius 3 is 2.58 bits per heavy atom. The molecule has 0 aliphatic rings. The number of carboxylic acids is 1. The van der Waals surface area contributed by atoms with Gasteiger partial charge in [-0.1, -0.05) is 24.3 Å². The number of carbonyl (C=O) groups excluding carboxylic acids is 1. The number of nitrogen functional groups attached to an aromatic ring is 1. The summed E-state index contributed by atoms with van der Waals surface area (Å²) in [5, 5.41) is 14.0. The molecule has 2 aromatic carbocycles. The lowest BCUT2D eigenvalue weighted by Crippen LogP contribution is -2.44. The molecule has 0 radical (unpaired) electrons. The summed E-state index contributed by atoms with van der Waals surface area (Å²) in [6.45, 7) is 7.72. The van der Waals surface area contributed by atoms with E-state index in [2.05, 4.69) is 33.5 Å². The third-order valence-corrected chi connectivity index (χ3v) is 6.61. The average molecular weight is 485 g/mol. The summed E-state index contributed by atoms with van der Waals surface area (Å²) in [6, 6.07) is 14.0. The zero-order valence-corrected chi connectivity index (χ0v) is 21.2.